The van der Waals surface area contributed by atoms with E-state index in [1.54, 1.807) is 11.1 Å². The van der Waals surface area contributed by atoms with Crippen molar-refractivity contribution < 1.29 is 4.79 Å². The third kappa shape index (κ3) is 4.25. The second-order valence-electron chi connectivity index (χ2n) is 4.36. The Kier molecular flexibility index (Phi) is 4.96. The molecule has 18 heavy (non-hydrogen) atoms. The monoisotopic (exact) mass is 267 g/mol. The standard InChI is InChI=1S/C11H17N5OS/c1-7(2)5-16(6-9(12)17)10-4-14-8(3-15-10)11(13)18/h3-4,7H,5-6H2,1-2H3,(H2,12,17)(H2,13,18). The van der Waals surface area contributed by atoms with Gasteiger partial charge in [-0.15, -0.1) is 0 Å². The molecule has 1 heterocycles. The fourth-order valence-corrected chi connectivity index (χ4v) is 1.59. The van der Waals surface area contributed by atoms with Crippen molar-refractivity contribution in [2.24, 2.45) is 17.4 Å². The number of primary amides is 1. The Morgan fingerprint density at radius 1 is 1.39 bits per heavy atom. The van der Waals surface area contributed by atoms with Crippen LogP contribution in [0.5, 0.6) is 0 Å². The van der Waals surface area contributed by atoms with Crippen LogP contribution < -0.4 is 16.4 Å². The molecule has 1 aromatic heterocycles. The molecule has 1 amide bonds. The number of rotatable bonds is 6. The lowest BCUT2D eigenvalue weighted by Crippen LogP contribution is -2.37. The number of amides is 1. The van der Waals surface area contributed by atoms with Gasteiger partial charge in [-0.3, -0.25) is 4.79 Å². The van der Waals surface area contributed by atoms with Crippen molar-refractivity contribution in [2.45, 2.75) is 13.8 Å². The Labute approximate surface area is 111 Å². The highest BCUT2D eigenvalue weighted by atomic mass is 32.1. The summed E-state index contributed by atoms with van der Waals surface area (Å²) in [5, 5.41) is 0. The van der Waals surface area contributed by atoms with Gasteiger partial charge in [-0.05, 0) is 5.92 Å². The summed E-state index contributed by atoms with van der Waals surface area (Å²) in [6, 6.07) is 0. The predicted molar refractivity (Wildman–Crippen MR) is 74.2 cm³/mol. The molecule has 0 saturated carbocycles. The largest absolute Gasteiger partial charge is 0.388 e. The zero-order valence-electron chi connectivity index (χ0n) is 10.5. The molecule has 4 N–H and O–H groups in total. The molecule has 6 nitrogen and oxygen atoms in total. The molecular weight excluding hydrogens is 250 g/mol. The zero-order valence-corrected chi connectivity index (χ0v) is 11.3. The van der Waals surface area contributed by atoms with Gasteiger partial charge in [-0.1, -0.05) is 26.1 Å². The van der Waals surface area contributed by atoms with Crippen LogP contribution in [0.1, 0.15) is 19.5 Å². The number of nitrogens with two attached hydrogens (primary N) is 2. The normalized spacial score (nSPS) is 10.4. The van der Waals surface area contributed by atoms with Gasteiger partial charge in [0, 0.05) is 6.54 Å². The average Bonchev–Trinajstić information content (AvgIpc) is 2.27. The van der Waals surface area contributed by atoms with Gasteiger partial charge in [0.25, 0.3) is 0 Å². The lowest BCUT2D eigenvalue weighted by molar-refractivity contribution is -0.116. The molecule has 0 fully saturated rings. The van der Waals surface area contributed by atoms with Gasteiger partial charge < -0.3 is 16.4 Å². The molecule has 7 heteroatoms. The van der Waals surface area contributed by atoms with Crippen LogP contribution in [0.4, 0.5) is 5.82 Å². The smallest absolute Gasteiger partial charge is 0.236 e. The highest BCUT2D eigenvalue weighted by Crippen LogP contribution is 2.11. The van der Waals surface area contributed by atoms with Gasteiger partial charge in [0.2, 0.25) is 5.91 Å². The van der Waals surface area contributed by atoms with Crippen molar-refractivity contribution in [1.82, 2.24) is 9.97 Å². The Hall–Kier alpha value is -1.76. The molecule has 0 unspecified atom stereocenters. The van der Waals surface area contributed by atoms with Crippen LogP contribution in [0.25, 0.3) is 0 Å². The van der Waals surface area contributed by atoms with E-state index in [0.717, 1.165) is 0 Å². The molecule has 0 aromatic carbocycles. The fraction of sp³-hybridized carbons (Fsp3) is 0.455. The first-order valence-electron chi connectivity index (χ1n) is 5.55. The molecule has 0 spiro atoms. The van der Waals surface area contributed by atoms with Crippen LogP contribution >= 0.6 is 12.2 Å². The Balaban J connectivity index is 2.90. The van der Waals surface area contributed by atoms with E-state index < -0.39 is 5.91 Å². The van der Waals surface area contributed by atoms with E-state index in [1.165, 1.54) is 6.20 Å². The van der Waals surface area contributed by atoms with Gasteiger partial charge in [0.1, 0.15) is 16.5 Å². The SMILES string of the molecule is CC(C)CN(CC(N)=O)c1cnc(C(N)=S)cn1. The minimum atomic E-state index is -0.407. The first kappa shape index (κ1) is 14.3. The molecule has 0 aliphatic heterocycles. The van der Waals surface area contributed by atoms with E-state index in [1.807, 2.05) is 13.8 Å². The van der Waals surface area contributed by atoms with Crippen molar-refractivity contribution in [3.05, 3.63) is 18.1 Å². The third-order valence-corrected chi connectivity index (χ3v) is 2.36. The van der Waals surface area contributed by atoms with Crippen LogP contribution in [0.3, 0.4) is 0 Å². The van der Waals surface area contributed by atoms with Crippen LogP contribution in [0.15, 0.2) is 12.4 Å². The maximum Gasteiger partial charge on any atom is 0.236 e. The molecule has 0 aliphatic carbocycles. The average molecular weight is 267 g/mol. The van der Waals surface area contributed by atoms with Crippen molar-refractivity contribution in [2.75, 3.05) is 18.0 Å². The number of hydrogen-bond donors (Lipinski definition) is 2. The topological polar surface area (TPSA) is 98.1 Å². The Morgan fingerprint density at radius 3 is 2.44 bits per heavy atom. The molecular formula is C11H17N5OS. The van der Waals surface area contributed by atoms with Crippen molar-refractivity contribution in [1.29, 1.82) is 0 Å². The minimum absolute atomic E-state index is 0.110. The zero-order chi connectivity index (χ0) is 13.7. The summed E-state index contributed by atoms with van der Waals surface area (Å²) in [5.41, 5.74) is 11.1. The van der Waals surface area contributed by atoms with Crippen LogP contribution in [-0.2, 0) is 4.79 Å². The number of carbonyl (C=O) groups is 1. The molecule has 0 aliphatic rings. The number of thiocarbonyl (C=S) groups is 1. The van der Waals surface area contributed by atoms with Crippen LogP contribution in [0, 0.1) is 5.92 Å². The maximum absolute atomic E-state index is 11.0. The van der Waals surface area contributed by atoms with Gasteiger partial charge in [0.15, 0.2) is 0 Å². The van der Waals surface area contributed by atoms with E-state index in [2.05, 4.69) is 9.97 Å². The fourth-order valence-electron chi connectivity index (χ4n) is 1.48. The van der Waals surface area contributed by atoms with E-state index >= 15 is 0 Å². The minimum Gasteiger partial charge on any atom is -0.388 e. The molecule has 0 saturated heterocycles. The van der Waals surface area contributed by atoms with Crippen molar-refractivity contribution >= 4 is 28.9 Å². The second kappa shape index (κ2) is 6.25. The van der Waals surface area contributed by atoms with E-state index in [9.17, 15) is 4.79 Å². The van der Waals surface area contributed by atoms with E-state index in [4.69, 9.17) is 23.7 Å². The maximum atomic E-state index is 11.0. The molecule has 1 rings (SSSR count). The summed E-state index contributed by atoms with van der Waals surface area (Å²) in [6.07, 6.45) is 3.03. The molecule has 0 radical (unpaired) electrons. The molecule has 0 bridgehead atoms. The summed E-state index contributed by atoms with van der Waals surface area (Å²) in [4.78, 5) is 21.3. The van der Waals surface area contributed by atoms with Crippen LogP contribution in [0.2, 0.25) is 0 Å². The summed E-state index contributed by atoms with van der Waals surface area (Å²) in [6.45, 7) is 4.87. The first-order valence-corrected chi connectivity index (χ1v) is 5.96. The Morgan fingerprint density at radius 2 is 2.06 bits per heavy atom. The number of hydrogen-bond acceptors (Lipinski definition) is 5. The van der Waals surface area contributed by atoms with Gasteiger partial charge in [0.05, 0.1) is 18.9 Å². The van der Waals surface area contributed by atoms with Gasteiger partial charge >= 0.3 is 0 Å². The molecule has 0 atom stereocenters. The number of carbonyl (C=O) groups excluding carboxylic acids is 1. The number of nitrogens with zero attached hydrogens (tertiary/aromatic N) is 3. The second-order valence-corrected chi connectivity index (χ2v) is 4.80. The highest BCUT2D eigenvalue weighted by Gasteiger charge is 2.13. The number of aromatic nitrogens is 2. The van der Waals surface area contributed by atoms with Gasteiger partial charge in [-0.25, -0.2) is 9.97 Å². The highest BCUT2D eigenvalue weighted by molar-refractivity contribution is 7.80. The number of anilines is 1. The van der Waals surface area contributed by atoms with E-state index in [0.29, 0.717) is 24.0 Å². The summed E-state index contributed by atoms with van der Waals surface area (Å²) < 4.78 is 0. The summed E-state index contributed by atoms with van der Waals surface area (Å²) in [5.74, 6) is 0.555. The van der Waals surface area contributed by atoms with Gasteiger partial charge in [-0.2, -0.15) is 0 Å². The molecule has 1 aromatic rings. The lowest BCUT2D eigenvalue weighted by atomic mass is 10.2. The first-order chi connectivity index (χ1) is 8.40. The quantitative estimate of drug-likeness (QED) is 0.707. The van der Waals surface area contributed by atoms with Crippen molar-refractivity contribution in [3.8, 4) is 0 Å². The third-order valence-electron chi connectivity index (χ3n) is 2.15. The van der Waals surface area contributed by atoms with E-state index in [-0.39, 0.29) is 11.5 Å². The summed E-state index contributed by atoms with van der Waals surface area (Å²) in [7, 11) is 0. The molecule has 98 valence electrons. The van der Waals surface area contributed by atoms with Crippen molar-refractivity contribution in [3.63, 3.8) is 0 Å². The lowest BCUT2D eigenvalue weighted by Gasteiger charge is -2.23. The van der Waals surface area contributed by atoms with Crippen LogP contribution in [-0.4, -0.2) is 34.0 Å². The predicted octanol–water partition coefficient (Wildman–Crippen LogP) is 0.0585. The summed E-state index contributed by atoms with van der Waals surface area (Å²) >= 11 is 4.80. The Bertz CT molecular complexity index is 432.